The van der Waals surface area contributed by atoms with Gasteiger partial charge in [-0.2, -0.15) is 0 Å². The number of aromatic hydroxyl groups is 2. The smallest absolute Gasteiger partial charge is 0.190 e. The van der Waals surface area contributed by atoms with Crippen LogP contribution in [-0.4, -0.2) is 20.2 Å². The zero-order chi connectivity index (χ0) is 20.8. The van der Waals surface area contributed by atoms with Crippen LogP contribution in [-0.2, 0) is 0 Å². The second kappa shape index (κ2) is 6.63. The van der Waals surface area contributed by atoms with E-state index in [1.165, 1.54) is 12.1 Å². The van der Waals surface area contributed by atoms with Crippen LogP contribution in [0.25, 0.3) is 44.3 Å². The third-order valence-electron chi connectivity index (χ3n) is 5.17. The summed E-state index contributed by atoms with van der Waals surface area (Å²) in [5.74, 6) is 0.108. The third kappa shape index (κ3) is 2.82. The zero-order valence-corrected chi connectivity index (χ0v) is 15.6. The van der Waals surface area contributed by atoms with E-state index in [4.69, 9.17) is 0 Å². The van der Waals surface area contributed by atoms with Crippen LogP contribution in [0, 0.1) is 0 Å². The Morgan fingerprint density at radius 1 is 0.567 bits per heavy atom. The second-order valence-electron chi connectivity index (χ2n) is 7.07. The normalized spacial score (nSPS) is 11.2. The number of aromatic nitrogens is 2. The highest BCUT2D eigenvalue weighted by Gasteiger charge is 2.12. The van der Waals surface area contributed by atoms with Gasteiger partial charge in [0, 0.05) is 34.0 Å². The van der Waals surface area contributed by atoms with Crippen LogP contribution in [0.5, 0.6) is 11.5 Å². The van der Waals surface area contributed by atoms with Gasteiger partial charge >= 0.3 is 0 Å². The number of nitrogens with one attached hydrogen (secondary N) is 2. The summed E-state index contributed by atoms with van der Waals surface area (Å²) in [4.78, 5) is 31.9. The lowest BCUT2D eigenvalue weighted by Crippen LogP contribution is -2.07. The summed E-state index contributed by atoms with van der Waals surface area (Å²) in [6.45, 7) is 0. The average Bonchev–Trinajstić information content (AvgIpc) is 2.73. The highest BCUT2D eigenvalue weighted by atomic mass is 16.3. The summed E-state index contributed by atoms with van der Waals surface area (Å²) < 4.78 is 0. The van der Waals surface area contributed by atoms with E-state index in [1.54, 1.807) is 60.7 Å². The second-order valence-corrected chi connectivity index (χ2v) is 7.07. The third-order valence-corrected chi connectivity index (χ3v) is 5.17. The van der Waals surface area contributed by atoms with E-state index in [1.807, 2.05) is 0 Å². The fourth-order valence-corrected chi connectivity index (χ4v) is 3.69. The molecule has 0 unspecified atom stereocenters. The molecule has 2 heterocycles. The van der Waals surface area contributed by atoms with E-state index < -0.39 is 0 Å². The highest BCUT2D eigenvalue weighted by molar-refractivity contribution is 5.96. The van der Waals surface area contributed by atoms with Crippen molar-refractivity contribution in [1.29, 1.82) is 0 Å². The molecule has 5 aromatic rings. The average molecular weight is 396 g/mol. The number of H-pyrrole nitrogens is 2. The van der Waals surface area contributed by atoms with E-state index in [0.29, 0.717) is 44.3 Å². The van der Waals surface area contributed by atoms with E-state index in [0.717, 1.165) is 0 Å². The maximum absolute atomic E-state index is 12.8. The molecule has 6 heteroatoms. The fourth-order valence-electron chi connectivity index (χ4n) is 3.69. The Bertz CT molecular complexity index is 1440. The number of hydrogen-bond donors (Lipinski definition) is 4. The number of pyridine rings is 2. The van der Waals surface area contributed by atoms with E-state index >= 15 is 0 Å². The first-order valence-electron chi connectivity index (χ1n) is 9.32. The Morgan fingerprint density at radius 2 is 0.967 bits per heavy atom. The minimum Gasteiger partial charge on any atom is -0.507 e. The van der Waals surface area contributed by atoms with Gasteiger partial charge in [0.2, 0.25) is 0 Å². The summed E-state index contributed by atoms with van der Waals surface area (Å²) in [7, 11) is 0. The Morgan fingerprint density at radius 3 is 1.37 bits per heavy atom. The lowest BCUT2D eigenvalue weighted by molar-refractivity contribution is 0.476. The predicted molar refractivity (Wildman–Crippen MR) is 117 cm³/mol. The number of aromatic amines is 2. The number of rotatable bonds is 2. The molecule has 0 atom stereocenters. The highest BCUT2D eigenvalue weighted by Crippen LogP contribution is 2.30. The molecular weight excluding hydrogens is 380 g/mol. The van der Waals surface area contributed by atoms with Crippen molar-refractivity contribution in [3.05, 3.63) is 93.2 Å². The van der Waals surface area contributed by atoms with Crippen LogP contribution in [0.3, 0.4) is 0 Å². The Hall–Kier alpha value is -4.32. The Kier molecular flexibility index (Phi) is 3.93. The van der Waals surface area contributed by atoms with Crippen molar-refractivity contribution in [1.82, 2.24) is 9.97 Å². The largest absolute Gasteiger partial charge is 0.507 e. The molecule has 3 aromatic carbocycles. The van der Waals surface area contributed by atoms with E-state index in [9.17, 15) is 19.8 Å². The zero-order valence-electron chi connectivity index (χ0n) is 15.6. The molecule has 5 rings (SSSR count). The molecule has 0 aliphatic carbocycles. The predicted octanol–water partition coefficient (Wildman–Crippen LogP) is 4.11. The molecule has 0 radical (unpaired) electrons. The molecule has 30 heavy (non-hydrogen) atoms. The number of fused-ring (bicyclic) bond motifs is 2. The van der Waals surface area contributed by atoms with Gasteiger partial charge in [-0.05, 0) is 36.4 Å². The van der Waals surface area contributed by atoms with E-state index in [-0.39, 0.29) is 22.4 Å². The number of hydrogen-bond acceptors (Lipinski definition) is 4. The lowest BCUT2D eigenvalue weighted by atomic mass is 10.0. The summed E-state index contributed by atoms with van der Waals surface area (Å²) in [6.07, 6.45) is 0. The van der Waals surface area contributed by atoms with Crippen molar-refractivity contribution < 1.29 is 10.2 Å². The van der Waals surface area contributed by atoms with Crippen molar-refractivity contribution in [3.63, 3.8) is 0 Å². The SMILES string of the molecule is O=c1cc(-c2ccccc2O)[nH]c2cc3c(=O)cc(-c4ccccc4O)[nH]c3cc12. The molecule has 6 nitrogen and oxygen atoms in total. The molecule has 0 bridgehead atoms. The number of benzene rings is 3. The molecule has 0 saturated carbocycles. The number of phenolic OH excluding ortho intramolecular Hbond substituents is 2. The molecular formula is C24H16N2O4. The van der Waals surface area contributed by atoms with Gasteiger partial charge in [-0.25, -0.2) is 0 Å². The first kappa shape index (κ1) is 17.8. The summed E-state index contributed by atoms with van der Waals surface area (Å²) in [6, 6.07) is 19.5. The van der Waals surface area contributed by atoms with Crippen LogP contribution in [0.15, 0.2) is 82.4 Å². The van der Waals surface area contributed by atoms with Crippen molar-refractivity contribution >= 4 is 21.8 Å². The summed E-state index contributed by atoms with van der Waals surface area (Å²) in [5.41, 5.74) is 2.44. The first-order chi connectivity index (χ1) is 14.5. The van der Waals surface area contributed by atoms with Gasteiger partial charge in [0.15, 0.2) is 10.9 Å². The number of para-hydroxylation sites is 2. The molecule has 2 aromatic heterocycles. The molecule has 0 saturated heterocycles. The van der Waals surface area contributed by atoms with Crippen LogP contribution < -0.4 is 10.9 Å². The Balaban J connectivity index is 1.77. The van der Waals surface area contributed by atoms with Crippen LogP contribution in [0.4, 0.5) is 0 Å². The fraction of sp³-hybridized carbons (Fsp3) is 0. The van der Waals surface area contributed by atoms with Gasteiger partial charge in [0.25, 0.3) is 0 Å². The van der Waals surface area contributed by atoms with Gasteiger partial charge in [0.1, 0.15) is 11.5 Å². The van der Waals surface area contributed by atoms with Gasteiger partial charge in [0.05, 0.1) is 22.4 Å². The van der Waals surface area contributed by atoms with Crippen LogP contribution >= 0.6 is 0 Å². The monoisotopic (exact) mass is 396 g/mol. The molecule has 4 N–H and O–H groups in total. The van der Waals surface area contributed by atoms with Crippen molar-refractivity contribution in [3.8, 4) is 34.0 Å². The Labute approximate surface area is 169 Å². The molecule has 0 aliphatic heterocycles. The van der Waals surface area contributed by atoms with Crippen molar-refractivity contribution in [2.45, 2.75) is 0 Å². The van der Waals surface area contributed by atoms with Gasteiger partial charge < -0.3 is 20.2 Å². The van der Waals surface area contributed by atoms with Crippen molar-refractivity contribution in [2.75, 3.05) is 0 Å². The lowest BCUT2D eigenvalue weighted by Gasteiger charge is -2.09. The molecule has 0 amide bonds. The maximum Gasteiger partial charge on any atom is 0.190 e. The van der Waals surface area contributed by atoms with Crippen LogP contribution in [0.1, 0.15) is 0 Å². The topological polar surface area (TPSA) is 106 Å². The summed E-state index contributed by atoms with van der Waals surface area (Å²) >= 11 is 0. The van der Waals surface area contributed by atoms with Crippen LogP contribution in [0.2, 0.25) is 0 Å². The van der Waals surface area contributed by atoms with Gasteiger partial charge in [-0.3, -0.25) is 9.59 Å². The minimum absolute atomic E-state index is 0.0541. The summed E-state index contributed by atoms with van der Waals surface area (Å²) in [5, 5.41) is 21.0. The molecule has 146 valence electrons. The standard InChI is InChI=1S/C24H16N2O4/c27-21-7-3-1-5-13(21)19-11-23(29)15-10-18-16(9-17(15)25-19)24(30)12-20(26-18)14-6-2-4-8-22(14)28/h1-12,27-28H,(H,25,29)(H,26,30). The first-order valence-corrected chi connectivity index (χ1v) is 9.32. The van der Waals surface area contributed by atoms with Gasteiger partial charge in [-0.1, -0.05) is 24.3 Å². The molecule has 0 spiro atoms. The quantitative estimate of drug-likeness (QED) is 0.337. The van der Waals surface area contributed by atoms with Crippen molar-refractivity contribution in [2.24, 2.45) is 0 Å². The maximum atomic E-state index is 12.8. The van der Waals surface area contributed by atoms with E-state index in [2.05, 4.69) is 9.97 Å². The van der Waals surface area contributed by atoms with Gasteiger partial charge in [-0.15, -0.1) is 0 Å². The molecule has 0 fully saturated rings. The molecule has 0 aliphatic rings. The minimum atomic E-state index is -0.238. The number of phenols is 2.